The Labute approximate surface area is 166 Å². The number of sulfonamides is 1. The van der Waals surface area contributed by atoms with Crippen LogP contribution in [-0.2, 0) is 14.8 Å². The highest BCUT2D eigenvalue weighted by molar-refractivity contribution is 7.93. The molecule has 0 aliphatic carbocycles. The molecule has 2 saturated heterocycles. The molecule has 5 nitrogen and oxygen atoms in total. The molecule has 0 bridgehead atoms. The molecule has 2 heterocycles. The van der Waals surface area contributed by atoms with Crippen LogP contribution < -0.4 is 4.31 Å². The van der Waals surface area contributed by atoms with Crippen LogP contribution in [0.3, 0.4) is 0 Å². The van der Waals surface area contributed by atoms with Crippen LogP contribution in [0.4, 0.5) is 5.69 Å². The molecule has 0 N–H and O–H groups in total. The topological polar surface area (TPSA) is 57.7 Å². The van der Waals surface area contributed by atoms with Gasteiger partial charge in [-0.3, -0.25) is 9.10 Å². The molecule has 2 aromatic rings. The lowest BCUT2D eigenvalue weighted by Gasteiger charge is -2.23. The number of hydrogen-bond donors (Lipinski definition) is 0. The van der Waals surface area contributed by atoms with Gasteiger partial charge in [0.25, 0.3) is 0 Å². The van der Waals surface area contributed by atoms with Crippen molar-refractivity contribution in [1.29, 1.82) is 0 Å². The van der Waals surface area contributed by atoms with Gasteiger partial charge in [-0.15, -0.1) is 0 Å². The molecule has 2 aliphatic rings. The Morgan fingerprint density at radius 3 is 2.39 bits per heavy atom. The van der Waals surface area contributed by atoms with Crippen molar-refractivity contribution in [2.45, 2.75) is 25.3 Å². The molecule has 1 amide bonds. The van der Waals surface area contributed by atoms with E-state index in [0.717, 1.165) is 24.9 Å². The van der Waals surface area contributed by atoms with Crippen LogP contribution in [0.25, 0.3) is 6.08 Å². The molecule has 0 spiro atoms. The van der Waals surface area contributed by atoms with Crippen LogP contribution in [0.15, 0.2) is 60.7 Å². The van der Waals surface area contributed by atoms with Gasteiger partial charge >= 0.3 is 0 Å². The second-order valence-corrected chi connectivity index (χ2v) is 9.28. The highest BCUT2D eigenvalue weighted by atomic mass is 32.2. The van der Waals surface area contributed by atoms with Gasteiger partial charge in [0.1, 0.15) is 0 Å². The van der Waals surface area contributed by atoms with Crippen molar-refractivity contribution in [2.75, 3.05) is 23.1 Å². The van der Waals surface area contributed by atoms with E-state index in [0.29, 0.717) is 18.7 Å². The van der Waals surface area contributed by atoms with E-state index >= 15 is 0 Å². The second kappa shape index (κ2) is 7.80. The maximum Gasteiger partial charge on any atom is 0.247 e. The third-order valence-corrected chi connectivity index (χ3v) is 7.29. The number of rotatable bonds is 4. The van der Waals surface area contributed by atoms with E-state index in [1.165, 1.54) is 9.87 Å². The fourth-order valence-corrected chi connectivity index (χ4v) is 5.56. The average Bonchev–Trinajstić information content (AvgIpc) is 3.33. The Morgan fingerprint density at radius 1 is 0.964 bits per heavy atom. The third-order valence-electron chi connectivity index (χ3n) is 5.42. The van der Waals surface area contributed by atoms with E-state index in [4.69, 9.17) is 0 Å². The molecule has 0 radical (unpaired) electrons. The van der Waals surface area contributed by atoms with Crippen molar-refractivity contribution in [3.05, 3.63) is 71.8 Å². The molecular weight excluding hydrogens is 372 g/mol. The van der Waals surface area contributed by atoms with Crippen LogP contribution in [-0.4, -0.2) is 38.1 Å². The third kappa shape index (κ3) is 3.83. The first-order valence-electron chi connectivity index (χ1n) is 9.69. The predicted octanol–water partition coefficient (Wildman–Crippen LogP) is 3.60. The molecule has 1 unspecified atom stereocenters. The van der Waals surface area contributed by atoms with Crippen LogP contribution >= 0.6 is 0 Å². The Morgan fingerprint density at radius 2 is 1.71 bits per heavy atom. The lowest BCUT2D eigenvalue weighted by molar-refractivity contribution is -0.126. The summed E-state index contributed by atoms with van der Waals surface area (Å²) in [6.07, 6.45) is 6.07. The summed E-state index contributed by atoms with van der Waals surface area (Å²) in [5, 5.41) is 0. The molecule has 0 aromatic heterocycles. The lowest BCUT2D eigenvalue weighted by Crippen LogP contribution is -2.28. The zero-order valence-electron chi connectivity index (χ0n) is 15.7. The van der Waals surface area contributed by atoms with Gasteiger partial charge in [0.2, 0.25) is 15.9 Å². The number of benzene rings is 2. The van der Waals surface area contributed by atoms with E-state index in [1.54, 1.807) is 24.3 Å². The zero-order chi connectivity index (χ0) is 19.6. The van der Waals surface area contributed by atoms with Gasteiger partial charge in [0, 0.05) is 19.2 Å². The Bertz CT molecular complexity index is 969. The molecule has 2 aliphatic heterocycles. The van der Waals surface area contributed by atoms with E-state index in [9.17, 15) is 13.2 Å². The number of nitrogens with zero attached hydrogens (tertiary/aromatic N) is 2. The van der Waals surface area contributed by atoms with Crippen molar-refractivity contribution in [3.8, 4) is 0 Å². The van der Waals surface area contributed by atoms with Crippen molar-refractivity contribution in [1.82, 2.24) is 4.90 Å². The van der Waals surface area contributed by atoms with Crippen molar-refractivity contribution < 1.29 is 13.2 Å². The van der Waals surface area contributed by atoms with Gasteiger partial charge in [-0.25, -0.2) is 8.42 Å². The number of likely N-dealkylation sites (tertiary alicyclic amines) is 1. The van der Waals surface area contributed by atoms with Gasteiger partial charge in [-0.2, -0.15) is 0 Å². The van der Waals surface area contributed by atoms with Gasteiger partial charge in [-0.05, 0) is 48.6 Å². The SMILES string of the molecule is O=C(C=Cc1ccc(N2CCCS2(=O)=O)cc1)N1CCCC1c1ccccc1. The molecule has 28 heavy (non-hydrogen) atoms. The van der Waals surface area contributed by atoms with Crippen molar-refractivity contribution in [2.24, 2.45) is 0 Å². The molecule has 6 heteroatoms. The zero-order valence-corrected chi connectivity index (χ0v) is 16.5. The second-order valence-electron chi connectivity index (χ2n) is 7.27. The maximum absolute atomic E-state index is 12.7. The largest absolute Gasteiger partial charge is 0.332 e. The average molecular weight is 397 g/mol. The van der Waals surface area contributed by atoms with Crippen LogP contribution in [0.2, 0.25) is 0 Å². The van der Waals surface area contributed by atoms with E-state index in [1.807, 2.05) is 35.2 Å². The molecular formula is C22H24N2O3S. The van der Waals surface area contributed by atoms with Crippen LogP contribution in [0.5, 0.6) is 0 Å². The van der Waals surface area contributed by atoms with E-state index in [2.05, 4.69) is 12.1 Å². The first-order valence-corrected chi connectivity index (χ1v) is 11.3. The normalized spacial score (nSPS) is 21.5. The molecule has 2 aromatic carbocycles. The van der Waals surface area contributed by atoms with Gasteiger partial charge in [-0.1, -0.05) is 42.5 Å². The first kappa shape index (κ1) is 18.7. The number of carbonyl (C=O) groups is 1. The minimum Gasteiger partial charge on any atom is -0.332 e. The minimum atomic E-state index is -3.17. The summed E-state index contributed by atoms with van der Waals surface area (Å²) in [7, 11) is -3.17. The van der Waals surface area contributed by atoms with E-state index < -0.39 is 10.0 Å². The number of carbonyl (C=O) groups excluding carboxylic acids is 1. The van der Waals surface area contributed by atoms with Crippen molar-refractivity contribution >= 4 is 27.7 Å². The maximum atomic E-state index is 12.7. The summed E-state index contributed by atoms with van der Waals surface area (Å²) in [6.45, 7) is 1.31. The summed E-state index contributed by atoms with van der Waals surface area (Å²) in [5.74, 6) is 0.222. The van der Waals surface area contributed by atoms with Crippen LogP contribution in [0, 0.1) is 0 Å². The summed E-state index contributed by atoms with van der Waals surface area (Å²) in [5.41, 5.74) is 2.74. The van der Waals surface area contributed by atoms with Crippen molar-refractivity contribution in [3.63, 3.8) is 0 Å². The Balaban J connectivity index is 1.44. The minimum absolute atomic E-state index is 0.0116. The van der Waals surface area contributed by atoms with Gasteiger partial charge in [0.15, 0.2) is 0 Å². The lowest BCUT2D eigenvalue weighted by atomic mass is 10.0. The fourth-order valence-electron chi connectivity index (χ4n) is 4.00. The molecule has 4 rings (SSSR count). The molecule has 0 saturated carbocycles. The van der Waals surface area contributed by atoms with Crippen LogP contribution in [0.1, 0.15) is 36.4 Å². The Kier molecular flexibility index (Phi) is 5.22. The summed E-state index contributed by atoms with van der Waals surface area (Å²) in [4.78, 5) is 14.6. The number of anilines is 1. The standard InChI is InChI=1S/C22H24N2O3S/c25-22(23-15-4-8-21(23)19-6-2-1-3-7-19)14-11-18-9-12-20(13-10-18)24-16-5-17-28(24,26)27/h1-3,6-7,9-14,21H,4-5,8,15-17H2. The quantitative estimate of drug-likeness (QED) is 0.742. The first-order chi connectivity index (χ1) is 13.5. The summed E-state index contributed by atoms with van der Waals surface area (Å²) in [6, 6.07) is 17.6. The molecule has 1 atom stereocenters. The highest BCUT2D eigenvalue weighted by Crippen LogP contribution is 2.32. The summed E-state index contributed by atoms with van der Waals surface area (Å²) >= 11 is 0. The monoisotopic (exact) mass is 396 g/mol. The highest BCUT2D eigenvalue weighted by Gasteiger charge is 2.29. The van der Waals surface area contributed by atoms with Gasteiger partial charge in [0.05, 0.1) is 17.5 Å². The fraction of sp³-hybridized carbons (Fsp3) is 0.318. The molecule has 2 fully saturated rings. The smallest absolute Gasteiger partial charge is 0.247 e. The number of amides is 1. The number of hydrogen-bond acceptors (Lipinski definition) is 3. The predicted molar refractivity (Wildman–Crippen MR) is 111 cm³/mol. The van der Waals surface area contributed by atoms with E-state index in [-0.39, 0.29) is 17.7 Å². The Hall–Kier alpha value is -2.60. The summed E-state index contributed by atoms with van der Waals surface area (Å²) < 4.78 is 25.5. The van der Waals surface area contributed by atoms with Gasteiger partial charge < -0.3 is 4.90 Å². The molecule has 146 valence electrons.